The molecule has 0 aliphatic carbocycles. The Morgan fingerprint density at radius 1 is 0.525 bits per heavy atom. The van der Waals surface area contributed by atoms with Crippen molar-refractivity contribution in [3.63, 3.8) is 0 Å². The molecule has 198 valence electrons. The van der Waals surface area contributed by atoms with Gasteiger partial charge in [-0.3, -0.25) is 9.55 Å². The van der Waals surface area contributed by atoms with E-state index in [2.05, 4.69) is 136 Å². The van der Waals surface area contributed by atoms with E-state index in [1.807, 2.05) is 12.3 Å². The SMILES string of the molecule is CC(C)(C)c1ccc(-n2c3cccnc3c3nc4c(cc32)c2ccccc2n4-c2ccc(C(C)(C)C)cc2)cc1. The Morgan fingerprint density at radius 3 is 1.73 bits per heavy atom. The van der Waals surface area contributed by atoms with Gasteiger partial charge in [0.05, 0.1) is 16.6 Å². The third-order valence-corrected chi connectivity index (χ3v) is 8.10. The van der Waals surface area contributed by atoms with E-state index in [4.69, 9.17) is 9.97 Å². The van der Waals surface area contributed by atoms with Crippen molar-refractivity contribution in [2.24, 2.45) is 0 Å². The van der Waals surface area contributed by atoms with Gasteiger partial charge in [0.2, 0.25) is 0 Å². The highest BCUT2D eigenvalue weighted by molar-refractivity contribution is 6.15. The highest BCUT2D eigenvalue weighted by Crippen LogP contribution is 2.37. The Labute approximate surface area is 234 Å². The van der Waals surface area contributed by atoms with Gasteiger partial charge in [-0.2, -0.15) is 0 Å². The first-order valence-electron chi connectivity index (χ1n) is 14.0. The second kappa shape index (κ2) is 8.53. The highest BCUT2D eigenvalue weighted by Gasteiger charge is 2.21. The normalized spacial score (nSPS) is 12.8. The summed E-state index contributed by atoms with van der Waals surface area (Å²) in [6.07, 6.45) is 1.86. The van der Waals surface area contributed by atoms with E-state index in [0.29, 0.717) is 0 Å². The molecule has 0 amide bonds. The second-order valence-electron chi connectivity index (χ2n) is 12.9. The molecule has 4 aromatic heterocycles. The number of aromatic nitrogens is 4. The van der Waals surface area contributed by atoms with Crippen molar-refractivity contribution in [2.45, 2.75) is 52.4 Å². The first-order valence-corrected chi connectivity index (χ1v) is 14.0. The summed E-state index contributed by atoms with van der Waals surface area (Å²) in [6, 6.07) is 32.9. The number of hydrogen-bond acceptors (Lipinski definition) is 2. The lowest BCUT2D eigenvalue weighted by Gasteiger charge is -2.19. The Hall–Kier alpha value is -4.44. The molecule has 0 aliphatic rings. The van der Waals surface area contributed by atoms with Crippen LogP contribution in [0.2, 0.25) is 0 Å². The lowest BCUT2D eigenvalue weighted by molar-refractivity contribution is 0.590. The number of rotatable bonds is 2. The summed E-state index contributed by atoms with van der Waals surface area (Å²) >= 11 is 0. The minimum Gasteiger partial charge on any atom is -0.306 e. The van der Waals surface area contributed by atoms with Crippen LogP contribution >= 0.6 is 0 Å². The molecule has 4 nitrogen and oxygen atoms in total. The van der Waals surface area contributed by atoms with Crippen LogP contribution in [0.25, 0.3) is 55.4 Å². The molecule has 0 saturated heterocycles. The minimum absolute atomic E-state index is 0.0988. The van der Waals surface area contributed by atoms with Crippen molar-refractivity contribution in [3.8, 4) is 11.4 Å². The summed E-state index contributed by atoms with van der Waals surface area (Å²) < 4.78 is 4.60. The van der Waals surface area contributed by atoms with E-state index in [1.54, 1.807) is 0 Å². The summed E-state index contributed by atoms with van der Waals surface area (Å²) in [4.78, 5) is 10.2. The average molecular weight is 523 g/mol. The molecule has 7 rings (SSSR count). The topological polar surface area (TPSA) is 35.6 Å². The van der Waals surface area contributed by atoms with Crippen LogP contribution in [0.15, 0.2) is 97.2 Å². The average Bonchev–Trinajstić information content (AvgIpc) is 3.43. The van der Waals surface area contributed by atoms with Crippen molar-refractivity contribution in [2.75, 3.05) is 0 Å². The van der Waals surface area contributed by atoms with Crippen LogP contribution in [0.5, 0.6) is 0 Å². The van der Waals surface area contributed by atoms with Crippen molar-refractivity contribution in [1.82, 2.24) is 19.1 Å². The van der Waals surface area contributed by atoms with Gasteiger partial charge >= 0.3 is 0 Å². The van der Waals surface area contributed by atoms with Gasteiger partial charge in [0.25, 0.3) is 0 Å². The lowest BCUT2D eigenvalue weighted by atomic mass is 9.87. The fourth-order valence-electron chi connectivity index (χ4n) is 5.87. The van der Waals surface area contributed by atoms with Crippen LogP contribution in [0.3, 0.4) is 0 Å². The molecule has 0 unspecified atom stereocenters. The van der Waals surface area contributed by atoms with Gasteiger partial charge in [0, 0.05) is 28.3 Å². The van der Waals surface area contributed by atoms with Crippen LogP contribution in [-0.2, 0) is 10.8 Å². The molecule has 3 aromatic carbocycles. The summed E-state index contributed by atoms with van der Waals surface area (Å²) in [5, 5.41) is 2.33. The molecule has 0 spiro atoms. The quantitative estimate of drug-likeness (QED) is 0.227. The zero-order valence-corrected chi connectivity index (χ0v) is 24.0. The number of benzene rings is 3. The third kappa shape index (κ3) is 3.74. The smallest absolute Gasteiger partial charge is 0.146 e. The number of fused-ring (bicyclic) bond motifs is 6. The van der Waals surface area contributed by atoms with Crippen LogP contribution in [0.1, 0.15) is 52.7 Å². The van der Waals surface area contributed by atoms with Crippen LogP contribution in [-0.4, -0.2) is 19.1 Å². The second-order valence-corrected chi connectivity index (χ2v) is 12.9. The molecule has 0 N–H and O–H groups in total. The maximum atomic E-state index is 5.37. The lowest BCUT2D eigenvalue weighted by Crippen LogP contribution is -2.10. The summed E-state index contributed by atoms with van der Waals surface area (Å²) in [7, 11) is 0. The Kier molecular flexibility index (Phi) is 5.24. The number of hydrogen-bond donors (Lipinski definition) is 0. The Bertz CT molecular complexity index is 1890. The van der Waals surface area contributed by atoms with E-state index in [-0.39, 0.29) is 10.8 Å². The zero-order valence-electron chi connectivity index (χ0n) is 24.0. The van der Waals surface area contributed by atoms with Crippen LogP contribution in [0.4, 0.5) is 0 Å². The minimum atomic E-state index is 0.0988. The first-order chi connectivity index (χ1) is 19.1. The molecule has 4 heterocycles. The molecule has 7 aromatic rings. The summed E-state index contributed by atoms with van der Waals surface area (Å²) in [5.74, 6) is 0. The number of nitrogens with zero attached hydrogens (tertiary/aromatic N) is 4. The van der Waals surface area contributed by atoms with Gasteiger partial charge in [-0.05, 0) is 70.5 Å². The largest absolute Gasteiger partial charge is 0.306 e. The predicted molar refractivity (Wildman–Crippen MR) is 168 cm³/mol. The number of para-hydroxylation sites is 1. The van der Waals surface area contributed by atoms with Crippen LogP contribution in [0, 0.1) is 0 Å². The third-order valence-electron chi connectivity index (χ3n) is 8.10. The van der Waals surface area contributed by atoms with Gasteiger partial charge in [0.15, 0.2) is 0 Å². The maximum absolute atomic E-state index is 5.37. The molecular weight excluding hydrogens is 488 g/mol. The van der Waals surface area contributed by atoms with Crippen LogP contribution < -0.4 is 0 Å². The van der Waals surface area contributed by atoms with E-state index >= 15 is 0 Å². The molecule has 0 radical (unpaired) electrons. The van der Waals surface area contributed by atoms with Crippen molar-refractivity contribution < 1.29 is 0 Å². The molecule has 0 atom stereocenters. The molecule has 4 heteroatoms. The van der Waals surface area contributed by atoms with Crippen molar-refractivity contribution >= 4 is 44.0 Å². The fraction of sp³-hybridized carbons (Fsp3) is 0.222. The van der Waals surface area contributed by atoms with E-state index in [1.165, 1.54) is 16.5 Å². The van der Waals surface area contributed by atoms with E-state index < -0.39 is 0 Å². The van der Waals surface area contributed by atoms with Gasteiger partial charge in [-0.15, -0.1) is 0 Å². The molecule has 0 fully saturated rings. The monoisotopic (exact) mass is 522 g/mol. The van der Waals surface area contributed by atoms with Gasteiger partial charge in [0.1, 0.15) is 16.7 Å². The van der Waals surface area contributed by atoms with Gasteiger partial charge in [-0.1, -0.05) is 84.0 Å². The molecular formula is C36H34N4. The molecule has 0 saturated carbocycles. The fourth-order valence-corrected chi connectivity index (χ4v) is 5.87. The molecule has 0 bridgehead atoms. The van der Waals surface area contributed by atoms with Crippen molar-refractivity contribution in [3.05, 3.63) is 108 Å². The van der Waals surface area contributed by atoms with Gasteiger partial charge in [-0.25, -0.2) is 4.98 Å². The van der Waals surface area contributed by atoms with Crippen molar-refractivity contribution in [1.29, 1.82) is 0 Å². The summed E-state index contributed by atoms with van der Waals surface area (Å²) in [5.41, 5.74) is 11.1. The molecule has 40 heavy (non-hydrogen) atoms. The summed E-state index contributed by atoms with van der Waals surface area (Å²) in [6.45, 7) is 13.5. The van der Waals surface area contributed by atoms with E-state index in [0.717, 1.165) is 50.0 Å². The van der Waals surface area contributed by atoms with E-state index in [9.17, 15) is 0 Å². The van der Waals surface area contributed by atoms with Gasteiger partial charge < -0.3 is 4.57 Å². The highest BCUT2D eigenvalue weighted by atomic mass is 15.1. The number of pyridine rings is 2. The maximum Gasteiger partial charge on any atom is 0.146 e. The standard InChI is InChI=1S/C36H34N4/c1-35(2,3)23-13-17-25(18-14-23)39-30-12-9-21-37-32(30)33-31(39)22-28-27-10-7-8-11-29(27)40(34(28)38-33)26-19-15-24(16-20-26)36(4,5)6/h7-22H,1-6H3. The molecule has 0 aliphatic heterocycles. The predicted octanol–water partition coefficient (Wildman–Crippen LogP) is 9.27. The Morgan fingerprint density at radius 2 is 1.10 bits per heavy atom. The Balaban J connectivity index is 1.54. The first kappa shape index (κ1) is 24.6. The zero-order chi connectivity index (χ0) is 27.8.